The topological polar surface area (TPSA) is 53.1 Å². The summed E-state index contributed by atoms with van der Waals surface area (Å²) < 4.78 is 7.45. The van der Waals surface area contributed by atoms with Gasteiger partial charge in [-0.1, -0.05) is 20.8 Å². The van der Waals surface area contributed by atoms with Crippen molar-refractivity contribution in [2.75, 3.05) is 12.8 Å². The molecule has 0 fully saturated rings. The molecule has 2 aromatic rings. The molecule has 2 N–H and O–H groups in total. The molecule has 0 spiro atoms. The fourth-order valence-corrected chi connectivity index (χ4v) is 2.62. The van der Waals surface area contributed by atoms with Gasteiger partial charge in [0.05, 0.1) is 7.11 Å². The zero-order valence-corrected chi connectivity index (χ0v) is 13.6. The lowest BCUT2D eigenvalue weighted by molar-refractivity contribution is 0.412. The molecule has 0 bridgehead atoms. The normalized spacial score (nSPS) is 11.1. The van der Waals surface area contributed by atoms with Crippen LogP contribution >= 0.6 is 0 Å². The number of rotatable bonds is 5. The Kier molecular flexibility index (Phi) is 4.56. The van der Waals surface area contributed by atoms with E-state index in [1.165, 1.54) is 0 Å². The standard InChI is InChI=1S/C17H25N3O/c1-6-9-20-16(18)15(19-17(20)11(2)3)13-7-8-14(21-5)12(4)10-13/h7-8,10-11H,6,9,18H2,1-5H3. The molecule has 2 rings (SSSR count). The minimum Gasteiger partial charge on any atom is -0.496 e. The van der Waals surface area contributed by atoms with Crippen LogP contribution in [0.4, 0.5) is 5.82 Å². The summed E-state index contributed by atoms with van der Waals surface area (Å²) in [5.41, 5.74) is 9.36. The van der Waals surface area contributed by atoms with Crippen molar-refractivity contribution in [1.82, 2.24) is 9.55 Å². The number of aromatic nitrogens is 2. The van der Waals surface area contributed by atoms with E-state index in [1.807, 2.05) is 19.1 Å². The predicted octanol–water partition coefficient (Wildman–Crippen LogP) is 3.98. The van der Waals surface area contributed by atoms with E-state index in [9.17, 15) is 0 Å². The zero-order valence-electron chi connectivity index (χ0n) is 13.6. The molecular formula is C17H25N3O. The Bertz CT molecular complexity index is 629. The van der Waals surface area contributed by atoms with Crippen molar-refractivity contribution in [2.45, 2.75) is 46.6 Å². The highest BCUT2D eigenvalue weighted by Gasteiger charge is 2.18. The molecule has 1 aromatic carbocycles. The molecule has 1 aromatic heterocycles. The van der Waals surface area contributed by atoms with Crippen LogP contribution < -0.4 is 10.5 Å². The number of anilines is 1. The summed E-state index contributed by atoms with van der Waals surface area (Å²) >= 11 is 0. The van der Waals surface area contributed by atoms with Crippen LogP contribution in [0, 0.1) is 6.92 Å². The van der Waals surface area contributed by atoms with Gasteiger partial charge in [0.25, 0.3) is 0 Å². The number of methoxy groups -OCH3 is 1. The first-order valence-corrected chi connectivity index (χ1v) is 7.50. The van der Waals surface area contributed by atoms with E-state index in [4.69, 9.17) is 15.5 Å². The number of benzene rings is 1. The summed E-state index contributed by atoms with van der Waals surface area (Å²) in [5.74, 6) is 3.05. The van der Waals surface area contributed by atoms with Crippen LogP contribution in [0.25, 0.3) is 11.3 Å². The molecular weight excluding hydrogens is 262 g/mol. The Hall–Kier alpha value is -1.97. The van der Waals surface area contributed by atoms with Gasteiger partial charge in [-0.05, 0) is 37.1 Å². The van der Waals surface area contributed by atoms with Crippen LogP contribution in [0.5, 0.6) is 5.75 Å². The van der Waals surface area contributed by atoms with Crippen LogP contribution in [0.1, 0.15) is 44.5 Å². The largest absolute Gasteiger partial charge is 0.496 e. The lowest BCUT2D eigenvalue weighted by Gasteiger charge is -2.10. The van der Waals surface area contributed by atoms with Gasteiger partial charge in [0.1, 0.15) is 23.1 Å². The molecule has 0 unspecified atom stereocenters. The summed E-state index contributed by atoms with van der Waals surface area (Å²) in [5, 5.41) is 0. The number of imidazole rings is 1. The van der Waals surface area contributed by atoms with E-state index in [1.54, 1.807) is 7.11 Å². The van der Waals surface area contributed by atoms with Crippen LogP contribution in [-0.4, -0.2) is 16.7 Å². The van der Waals surface area contributed by atoms with E-state index >= 15 is 0 Å². The maximum Gasteiger partial charge on any atom is 0.131 e. The molecule has 0 saturated heterocycles. The number of nitrogens with zero attached hydrogens (tertiary/aromatic N) is 2. The van der Waals surface area contributed by atoms with Crippen molar-refractivity contribution in [3.8, 4) is 17.0 Å². The van der Waals surface area contributed by atoms with Gasteiger partial charge in [0.15, 0.2) is 0 Å². The number of nitrogen functional groups attached to an aromatic ring is 1. The summed E-state index contributed by atoms with van der Waals surface area (Å²) in [6.45, 7) is 9.39. The molecule has 0 radical (unpaired) electrons. The molecule has 4 heteroatoms. The fourth-order valence-electron chi connectivity index (χ4n) is 2.62. The molecule has 0 aliphatic heterocycles. The van der Waals surface area contributed by atoms with Gasteiger partial charge in [-0.15, -0.1) is 0 Å². The Labute approximate surface area is 127 Å². The molecule has 21 heavy (non-hydrogen) atoms. The van der Waals surface area contributed by atoms with Crippen LogP contribution in [0.3, 0.4) is 0 Å². The van der Waals surface area contributed by atoms with Gasteiger partial charge in [-0.2, -0.15) is 0 Å². The Morgan fingerprint density at radius 1 is 1.33 bits per heavy atom. The molecule has 114 valence electrons. The lowest BCUT2D eigenvalue weighted by Crippen LogP contribution is -2.08. The highest BCUT2D eigenvalue weighted by molar-refractivity contribution is 5.72. The Morgan fingerprint density at radius 2 is 2.05 bits per heavy atom. The maximum absolute atomic E-state index is 6.35. The lowest BCUT2D eigenvalue weighted by atomic mass is 10.1. The van der Waals surface area contributed by atoms with Crippen LogP contribution in [-0.2, 0) is 6.54 Å². The van der Waals surface area contributed by atoms with Crippen LogP contribution in [0.2, 0.25) is 0 Å². The van der Waals surface area contributed by atoms with Crippen molar-refractivity contribution >= 4 is 5.82 Å². The molecule has 4 nitrogen and oxygen atoms in total. The van der Waals surface area contributed by atoms with E-state index < -0.39 is 0 Å². The monoisotopic (exact) mass is 287 g/mol. The second-order valence-corrected chi connectivity index (χ2v) is 5.69. The molecule has 0 atom stereocenters. The first kappa shape index (κ1) is 15.4. The maximum atomic E-state index is 6.35. The van der Waals surface area contributed by atoms with E-state index in [0.29, 0.717) is 5.92 Å². The molecule has 0 aliphatic carbocycles. The Morgan fingerprint density at radius 3 is 2.57 bits per heavy atom. The highest BCUT2D eigenvalue weighted by Crippen LogP contribution is 2.32. The van der Waals surface area contributed by atoms with Crippen molar-refractivity contribution < 1.29 is 4.74 Å². The van der Waals surface area contributed by atoms with Crippen molar-refractivity contribution in [2.24, 2.45) is 0 Å². The van der Waals surface area contributed by atoms with Gasteiger partial charge >= 0.3 is 0 Å². The molecule has 0 saturated carbocycles. The van der Waals surface area contributed by atoms with Gasteiger partial charge in [0, 0.05) is 18.0 Å². The Balaban J connectivity index is 2.53. The number of aryl methyl sites for hydroxylation is 1. The second-order valence-electron chi connectivity index (χ2n) is 5.69. The molecule has 1 heterocycles. The third-order valence-corrected chi connectivity index (χ3v) is 3.67. The van der Waals surface area contributed by atoms with Gasteiger partial charge in [-0.25, -0.2) is 4.98 Å². The number of ether oxygens (including phenoxy) is 1. The van der Waals surface area contributed by atoms with E-state index in [2.05, 4.69) is 31.4 Å². The average Bonchev–Trinajstić information content (AvgIpc) is 2.77. The van der Waals surface area contributed by atoms with Crippen molar-refractivity contribution in [1.29, 1.82) is 0 Å². The quantitative estimate of drug-likeness (QED) is 0.905. The van der Waals surface area contributed by atoms with Crippen molar-refractivity contribution in [3.05, 3.63) is 29.6 Å². The summed E-state index contributed by atoms with van der Waals surface area (Å²) in [4.78, 5) is 4.79. The third kappa shape index (κ3) is 2.89. The number of hydrogen-bond donors (Lipinski definition) is 1. The first-order valence-electron chi connectivity index (χ1n) is 7.50. The minimum atomic E-state index is 0.354. The number of hydrogen-bond acceptors (Lipinski definition) is 3. The van der Waals surface area contributed by atoms with Gasteiger partial charge in [0.2, 0.25) is 0 Å². The average molecular weight is 287 g/mol. The molecule has 0 amide bonds. The fraction of sp³-hybridized carbons (Fsp3) is 0.471. The first-order chi connectivity index (χ1) is 9.99. The minimum absolute atomic E-state index is 0.354. The predicted molar refractivity (Wildman–Crippen MR) is 87.7 cm³/mol. The second kappa shape index (κ2) is 6.20. The van der Waals surface area contributed by atoms with Crippen LogP contribution in [0.15, 0.2) is 18.2 Å². The third-order valence-electron chi connectivity index (χ3n) is 3.67. The summed E-state index contributed by atoms with van der Waals surface area (Å²) in [6, 6.07) is 6.07. The van der Waals surface area contributed by atoms with Gasteiger partial charge in [-0.3, -0.25) is 0 Å². The van der Waals surface area contributed by atoms with Gasteiger partial charge < -0.3 is 15.0 Å². The summed E-state index contributed by atoms with van der Waals surface area (Å²) in [7, 11) is 1.68. The SMILES string of the molecule is CCCn1c(C(C)C)nc(-c2ccc(OC)c(C)c2)c1N. The summed E-state index contributed by atoms with van der Waals surface area (Å²) in [6.07, 6.45) is 1.04. The van der Waals surface area contributed by atoms with E-state index in [-0.39, 0.29) is 0 Å². The number of nitrogens with two attached hydrogens (primary N) is 1. The smallest absolute Gasteiger partial charge is 0.131 e. The zero-order chi connectivity index (χ0) is 15.6. The highest BCUT2D eigenvalue weighted by atomic mass is 16.5. The molecule has 0 aliphatic rings. The van der Waals surface area contributed by atoms with Crippen molar-refractivity contribution in [3.63, 3.8) is 0 Å². The van der Waals surface area contributed by atoms with E-state index in [0.717, 1.165) is 47.2 Å².